The molecule has 0 saturated carbocycles. The summed E-state index contributed by atoms with van der Waals surface area (Å²) in [7, 11) is -3.13. The molecule has 0 aliphatic rings. The first-order chi connectivity index (χ1) is 10.7. The fraction of sp³-hybridized carbons (Fsp3) is 0.588. The molecule has 1 aromatic rings. The summed E-state index contributed by atoms with van der Waals surface area (Å²) in [5, 5.41) is 0. The van der Waals surface area contributed by atoms with Crippen LogP contribution in [0, 0.1) is 5.92 Å². The first-order valence-electron chi connectivity index (χ1n) is 8.04. The highest BCUT2D eigenvalue weighted by molar-refractivity contribution is 7.91. The van der Waals surface area contributed by atoms with E-state index in [9.17, 15) is 13.2 Å². The van der Waals surface area contributed by atoms with Crippen molar-refractivity contribution in [1.29, 1.82) is 0 Å². The zero-order valence-electron chi connectivity index (χ0n) is 14.4. The van der Waals surface area contributed by atoms with Crippen LogP contribution in [-0.2, 0) is 14.6 Å². The second-order valence-corrected chi connectivity index (χ2v) is 8.30. The van der Waals surface area contributed by atoms with Gasteiger partial charge in [-0.2, -0.15) is 0 Å². The number of amides is 1. The van der Waals surface area contributed by atoms with Crippen LogP contribution in [0.25, 0.3) is 0 Å². The Morgan fingerprint density at radius 1 is 1.17 bits per heavy atom. The largest absolute Gasteiger partial charge is 0.339 e. The highest BCUT2D eigenvalue weighted by Crippen LogP contribution is 2.22. The molecule has 1 rings (SSSR count). The van der Waals surface area contributed by atoms with Gasteiger partial charge in [0, 0.05) is 24.4 Å². The summed E-state index contributed by atoms with van der Waals surface area (Å²) < 4.78 is 23.6. The average Bonchev–Trinajstić information content (AvgIpc) is 2.54. The molecule has 0 heterocycles. The maximum absolute atomic E-state index is 12.8. The van der Waals surface area contributed by atoms with Gasteiger partial charge in [-0.05, 0) is 19.4 Å². The first kappa shape index (κ1) is 19.6. The molecule has 0 fully saturated rings. The third-order valence-corrected chi connectivity index (χ3v) is 6.07. The number of nitrogens with zero attached hydrogens (tertiary/aromatic N) is 1. The van der Waals surface area contributed by atoms with Gasteiger partial charge in [0.1, 0.15) is 0 Å². The number of carbonyl (C=O) groups excluding carboxylic acids is 1. The SMILES string of the molecule is CCN(C(=O)C(C)C(N)c1ccccc1)C(C)CS(=O)(=O)CC. The van der Waals surface area contributed by atoms with Gasteiger partial charge in [0.25, 0.3) is 0 Å². The Morgan fingerprint density at radius 3 is 2.22 bits per heavy atom. The summed E-state index contributed by atoms with van der Waals surface area (Å²) >= 11 is 0. The van der Waals surface area contributed by atoms with Crippen LogP contribution in [-0.4, -0.2) is 43.3 Å². The van der Waals surface area contributed by atoms with Gasteiger partial charge in [-0.15, -0.1) is 0 Å². The second kappa shape index (κ2) is 8.45. The van der Waals surface area contributed by atoms with Crippen molar-refractivity contribution in [2.45, 2.75) is 39.8 Å². The fourth-order valence-electron chi connectivity index (χ4n) is 2.64. The lowest BCUT2D eigenvalue weighted by molar-refractivity contribution is -0.137. The van der Waals surface area contributed by atoms with E-state index in [4.69, 9.17) is 5.73 Å². The summed E-state index contributed by atoms with van der Waals surface area (Å²) in [5.74, 6) is -0.453. The van der Waals surface area contributed by atoms with E-state index in [-0.39, 0.29) is 23.5 Å². The van der Waals surface area contributed by atoms with Crippen molar-refractivity contribution in [3.63, 3.8) is 0 Å². The highest BCUT2D eigenvalue weighted by atomic mass is 32.2. The Hall–Kier alpha value is -1.40. The number of hydrogen-bond acceptors (Lipinski definition) is 4. The number of benzene rings is 1. The number of carbonyl (C=O) groups is 1. The lowest BCUT2D eigenvalue weighted by Gasteiger charge is -2.32. The lowest BCUT2D eigenvalue weighted by Crippen LogP contribution is -2.46. The van der Waals surface area contributed by atoms with Crippen LogP contribution in [0.5, 0.6) is 0 Å². The molecule has 3 atom stereocenters. The predicted octanol–water partition coefficient (Wildman–Crippen LogP) is 1.99. The monoisotopic (exact) mass is 340 g/mol. The predicted molar refractivity (Wildman–Crippen MR) is 93.7 cm³/mol. The van der Waals surface area contributed by atoms with Crippen molar-refractivity contribution in [2.75, 3.05) is 18.1 Å². The molecule has 0 aliphatic carbocycles. The Labute approximate surface area is 139 Å². The summed E-state index contributed by atoms with van der Waals surface area (Å²) in [4.78, 5) is 14.4. The minimum atomic E-state index is -3.13. The summed E-state index contributed by atoms with van der Waals surface area (Å²) in [6.07, 6.45) is 0. The fourth-order valence-corrected chi connectivity index (χ4v) is 3.79. The summed E-state index contributed by atoms with van der Waals surface area (Å²) in [6, 6.07) is 8.71. The van der Waals surface area contributed by atoms with Crippen LogP contribution in [0.3, 0.4) is 0 Å². The van der Waals surface area contributed by atoms with Gasteiger partial charge >= 0.3 is 0 Å². The zero-order valence-corrected chi connectivity index (χ0v) is 15.2. The molecule has 0 radical (unpaired) electrons. The van der Waals surface area contributed by atoms with Gasteiger partial charge < -0.3 is 10.6 Å². The molecule has 0 saturated heterocycles. The van der Waals surface area contributed by atoms with Crippen molar-refractivity contribution in [3.8, 4) is 0 Å². The van der Waals surface area contributed by atoms with E-state index < -0.39 is 21.8 Å². The van der Waals surface area contributed by atoms with Crippen LogP contribution in [0.1, 0.15) is 39.3 Å². The van der Waals surface area contributed by atoms with Gasteiger partial charge in [0.2, 0.25) is 5.91 Å². The van der Waals surface area contributed by atoms with Gasteiger partial charge in [-0.3, -0.25) is 4.79 Å². The average molecular weight is 340 g/mol. The van der Waals surface area contributed by atoms with E-state index in [1.165, 1.54) is 0 Å². The first-order valence-corrected chi connectivity index (χ1v) is 9.87. The molecule has 3 unspecified atom stereocenters. The maximum atomic E-state index is 12.8. The Balaban J connectivity index is 2.87. The van der Waals surface area contributed by atoms with Crippen molar-refractivity contribution in [1.82, 2.24) is 4.90 Å². The van der Waals surface area contributed by atoms with Gasteiger partial charge in [-0.25, -0.2) is 8.42 Å². The minimum absolute atomic E-state index is 0.0175. The number of rotatable bonds is 8. The molecule has 23 heavy (non-hydrogen) atoms. The standard InChI is InChI=1S/C17H28N2O3S/c1-5-19(13(3)12-23(21,22)6-2)17(20)14(4)16(18)15-10-8-7-9-11-15/h7-11,13-14,16H,5-6,12,18H2,1-4H3. The molecule has 1 amide bonds. The number of hydrogen-bond donors (Lipinski definition) is 1. The second-order valence-electron chi connectivity index (χ2n) is 5.90. The smallest absolute Gasteiger partial charge is 0.227 e. The van der Waals surface area contributed by atoms with Gasteiger partial charge in [-0.1, -0.05) is 44.2 Å². The van der Waals surface area contributed by atoms with Crippen LogP contribution in [0.15, 0.2) is 30.3 Å². The normalized spacial score (nSPS) is 15.7. The third kappa shape index (κ3) is 5.32. The molecule has 130 valence electrons. The Bertz CT molecular complexity index is 602. The van der Waals surface area contributed by atoms with E-state index in [1.54, 1.807) is 25.7 Å². The topological polar surface area (TPSA) is 80.5 Å². The van der Waals surface area contributed by atoms with Crippen LogP contribution < -0.4 is 5.73 Å². The van der Waals surface area contributed by atoms with Crippen LogP contribution >= 0.6 is 0 Å². The molecular weight excluding hydrogens is 312 g/mol. The van der Waals surface area contributed by atoms with E-state index in [0.29, 0.717) is 6.54 Å². The third-order valence-electron chi connectivity index (χ3n) is 4.20. The van der Waals surface area contributed by atoms with E-state index in [0.717, 1.165) is 5.56 Å². The molecule has 0 aromatic heterocycles. The molecule has 6 heteroatoms. The Morgan fingerprint density at radius 2 is 1.74 bits per heavy atom. The molecule has 5 nitrogen and oxygen atoms in total. The number of sulfone groups is 1. The van der Waals surface area contributed by atoms with Crippen molar-refractivity contribution < 1.29 is 13.2 Å². The van der Waals surface area contributed by atoms with Crippen LogP contribution in [0.4, 0.5) is 0 Å². The Kier molecular flexibility index (Phi) is 7.22. The van der Waals surface area contributed by atoms with Gasteiger partial charge in [0.05, 0.1) is 11.7 Å². The van der Waals surface area contributed by atoms with Gasteiger partial charge in [0.15, 0.2) is 9.84 Å². The lowest BCUT2D eigenvalue weighted by atomic mass is 9.94. The van der Waals surface area contributed by atoms with Crippen molar-refractivity contribution in [2.24, 2.45) is 11.7 Å². The van der Waals surface area contributed by atoms with Crippen molar-refractivity contribution in [3.05, 3.63) is 35.9 Å². The molecule has 1 aromatic carbocycles. The summed E-state index contributed by atoms with van der Waals surface area (Å²) in [6.45, 7) is 7.51. The van der Waals surface area contributed by atoms with Crippen molar-refractivity contribution >= 4 is 15.7 Å². The number of nitrogens with two attached hydrogens (primary N) is 1. The van der Waals surface area contributed by atoms with E-state index in [2.05, 4.69) is 0 Å². The van der Waals surface area contributed by atoms with E-state index in [1.807, 2.05) is 37.3 Å². The minimum Gasteiger partial charge on any atom is -0.339 e. The zero-order chi connectivity index (χ0) is 17.6. The highest BCUT2D eigenvalue weighted by Gasteiger charge is 2.30. The van der Waals surface area contributed by atoms with E-state index >= 15 is 0 Å². The molecule has 0 bridgehead atoms. The maximum Gasteiger partial charge on any atom is 0.227 e. The van der Waals surface area contributed by atoms with Crippen LogP contribution in [0.2, 0.25) is 0 Å². The quantitative estimate of drug-likeness (QED) is 0.785. The summed E-state index contributed by atoms with van der Waals surface area (Å²) in [5.41, 5.74) is 7.12. The molecule has 2 N–H and O–H groups in total. The molecular formula is C17H28N2O3S. The molecule has 0 aliphatic heterocycles. The molecule has 0 spiro atoms.